The van der Waals surface area contributed by atoms with Crippen molar-refractivity contribution in [1.29, 1.82) is 0 Å². The Balaban J connectivity index is 2.00. The van der Waals surface area contributed by atoms with Gasteiger partial charge in [-0.25, -0.2) is 0 Å². The Morgan fingerprint density at radius 2 is 1.59 bits per heavy atom. The van der Waals surface area contributed by atoms with Crippen LogP contribution < -0.4 is 0 Å². The molecular formula is C20H16O2. The highest BCUT2D eigenvalue weighted by molar-refractivity contribution is 6.13. The molecule has 108 valence electrons. The Hall–Kier alpha value is -2.45. The summed E-state index contributed by atoms with van der Waals surface area (Å²) in [7, 11) is 0. The minimum Gasteiger partial charge on any atom is -0.360 e. The molecule has 22 heavy (non-hydrogen) atoms. The minimum absolute atomic E-state index is 0.0823. The highest BCUT2D eigenvalue weighted by atomic mass is 16.5. The molecule has 0 atom stereocenters. The van der Waals surface area contributed by atoms with Crippen molar-refractivity contribution < 1.29 is 9.53 Å². The lowest BCUT2D eigenvalue weighted by atomic mass is 9.71. The topological polar surface area (TPSA) is 26.3 Å². The molecule has 2 nitrogen and oxygen atoms in total. The number of ketones is 1. The maximum atomic E-state index is 12.8. The summed E-state index contributed by atoms with van der Waals surface area (Å²) in [4.78, 5) is 12.8. The Labute approximate surface area is 129 Å². The maximum absolute atomic E-state index is 12.8. The second-order valence-corrected chi connectivity index (χ2v) is 5.72. The van der Waals surface area contributed by atoms with E-state index in [0.29, 0.717) is 6.61 Å². The summed E-state index contributed by atoms with van der Waals surface area (Å²) in [5, 5.41) is 0. The molecule has 0 saturated heterocycles. The second-order valence-electron chi connectivity index (χ2n) is 5.72. The smallest absolute Gasteiger partial charge is 0.193 e. The second kappa shape index (κ2) is 4.79. The SMILES string of the molecule is C=CC1=CCC2(OC1)c1ccccc1C(=O)c1ccccc12. The first-order valence-corrected chi connectivity index (χ1v) is 7.45. The molecule has 0 amide bonds. The van der Waals surface area contributed by atoms with E-state index in [4.69, 9.17) is 4.74 Å². The van der Waals surface area contributed by atoms with Crippen LogP contribution in [0.15, 0.2) is 72.8 Å². The third kappa shape index (κ3) is 1.68. The standard InChI is InChI=1S/C20H16O2/c1-2-14-11-12-20(22-13-14)17-9-5-3-7-15(17)19(21)16-8-4-6-10-18(16)20/h2-11H,1,12-13H2. The van der Waals surface area contributed by atoms with Crippen LogP contribution in [0.3, 0.4) is 0 Å². The number of carbonyl (C=O) groups excluding carboxylic acids is 1. The van der Waals surface area contributed by atoms with Crippen molar-refractivity contribution >= 4 is 5.78 Å². The van der Waals surface area contributed by atoms with E-state index in [1.807, 2.05) is 54.6 Å². The van der Waals surface area contributed by atoms with E-state index in [1.165, 1.54) is 0 Å². The largest absolute Gasteiger partial charge is 0.360 e. The molecule has 0 radical (unpaired) electrons. The van der Waals surface area contributed by atoms with Gasteiger partial charge >= 0.3 is 0 Å². The number of carbonyl (C=O) groups is 1. The zero-order chi connectivity index (χ0) is 15.2. The highest BCUT2D eigenvalue weighted by Crippen LogP contribution is 2.47. The van der Waals surface area contributed by atoms with Gasteiger partial charge in [-0.05, 0) is 16.7 Å². The molecule has 0 bridgehead atoms. The molecule has 2 heteroatoms. The molecule has 2 aromatic rings. The first-order valence-electron chi connectivity index (χ1n) is 7.45. The van der Waals surface area contributed by atoms with Gasteiger partial charge < -0.3 is 4.74 Å². The van der Waals surface area contributed by atoms with Gasteiger partial charge in [-0.2, -0.15) is 0 Å². The summed E-state index contributed by atoms with van der Waals surface area (Å²) in [6.07, 6.45) is 4.72. The van der Waals surface area contributed by atoms with Crippen LogP contribution in [0, 0.1) is 0 Å². The highest BCUT2D eigenvalue weighted by Gasteiger charge is 2.44. The van der Waals surface area contributed by atoms with E-state index in [0.717, 1.165) is 34.2 Å². The zero-order valence-corrected chi connectivity index (χ0v) is 12.2. The molecule has 0 fully saturated rings. The van der Waals surface area contributed by atoms with Crippen molar-refractivity contribution in [2.45, 2.75) is 12.0 Å². The summed E-state index contributed by atoms with van der Waals surface area (Å²) < 4.78 is 6.32. The maximum Gasteiger partial charge on any atom is 0.193 e. The molecule has 0 aromatic heterocycles. The predicted molar refractivity (Wildman–Crippen MR) is 85.9 cm³/mol. The molecule has 2 aliphatic rings. The van der Waals surface area contributed by atoms with Gasteiger partial charge in [0.2, 0.25) is 0 Å². The molecule has 4 rings (SSSR count). The molecule has 2 aromatic carbocycles. The summed E-state index contributed by atoms with van der Waals surface area (Å²) in [5.41, 5.74) is 3.97. The molecule has 1 aliphatic carbocycles. The van der Waals surface area contributed by atoms with Crippen molar-refractivity contribution in [2.24, 2.45) is 0 Å². The summed E-state index contributed by atoms with van der Waals surface area (Å²) >= 11 is 0. The number of fused-ring (bicyclic) bond motifs is 4. The van der Waals surface area contributed by atoms with Gasteiger partial charge in [0, 0.05) is 17.5 Å². The predicted octanol–water partition coefficient (Wildman–Crippen LogP) is 4.01. The van der Waals surface area contributed by atoms with Crippen LogP contribution in [-0.4, -0.2) is 12.4 Å². The fourth-order valence-corrected chi connectivity index (χ4v) is 3.47. The Morgan fingerprint density at radius 3 is 2.09 bits per heavy atom. The molecule has 1 heterocycles. The van der Waals surface area contributed by atoms with E-state index in [1.54, 1.807) is 0 Å². The molecule has 0 N–H and O–H groups in total. The van der Waals surface area contributed by atoms with Crippen LogP contribution in [0.2, 0.25) is 0 Å². The summed E-state index contributed by atoms with van der Waals surface area (Å²) in [5.74, 6) is 0.0823. The van der Waals surface area contributed by atoms with E-state index >= 15 is 0 Å². The van der Waals surface area contributed by atoms with Gasteiger partial charge in [0.25, 0.3) is 0 Å². The van der Waals surface area contributed by atoms with Gasteiger partial charge in [0.05, 0.1) is 6.61 Å². The Kier molecular flexibility index (Phi) is 2.88. The van der Waals surface area contributed by atoms with Crippen LogP contribution in [0.25, 0.3) is 0 Å². The van der Waals surface area contributed by atoms with Crippen molar-refractivity contribution in [3.05, 3.63) is 95.1 Å². The fourth-order valence-electron chi connectivity index (χ4n) is 3.47. The quantitative estimate of drug-likeness (QED) is 0.792. The van der Waals surface area contributed by atoms with Gasteiger partial charge in [-0.15, -0.1) is 0 Å². The summed E-state index contributed by atoms with van der Waals surface area (Å²) in [6, 6.07) is 15.6. The van der Waals surface area contributed by atoms with Crippen LogP contribution in [0.4, 0.5) is 0 Å². The van der Waals surface area contributed by atoms with E-state index in [-0.39, 0.29) is 5.78 Å². The van der Waals surface area contributed by atoms with Crippen LogP contribution in [-0.2, 0) is 10.3 Å². The zero-order valence-electron chi connectivity index (χ0n) is 12.2. The summed E-state index contributed by atoms with van der Waals surface area (Å²) in [6.45, 7) is 4.33. The van der Waals surface area contributed by atoms with Crippen molar-refractivity contribution in [3.8, 4) is 0 Å². The lowest BCUT2D eigenvalue weighted by Gasteiger charge is -2.41. The number of ether oxygens (including phenoxy) is 1. The third-order valence-corrected chi connectivity index (χ3v) is 4.61. The third-order valence-electron chi connectivity index (χ3n) is 4.61. The van der Waals surface area contributed by atoms with Gasteiger partial charge in [0.15, 0.2) is 5.78 Å². The average Bonchev–Trinajstić information content (AvgIpc) is 2.60. The van der Waals surface area contributed by atoms with E-state index in [2.05, 4.69) is 12.7 Å². The monoisotopic (exact) mass is 288 g/mol. The molecular weight excluding hydrogens is 272 g/mol. The van der Waals surface area contributed by atoms with Crippen LogP contribution in [0.5, 0.6) is 0 Å². The van der Waals surface area contributed by atoms with Crippen LogP contribution >= 0.6 is 0 Å². The van der Waals surface area contributed by atoms with Crippen LogP contribution in [0.1, 0.15) is 33.5 Å². The first-order chi connectivity index (χ1) is 10.8. The Bertz CT molecular complexity index is 764. The molecule has 1 aliphatic heterocycles. The lowest BCUT2D eigenvalue weighted by molar-refractivity contribution is -0.0132. The number of benzene rings is 2. The van der Waals surface area contributed by atoms with Gasteiger partial charge in [-0.1, -0.05) is 67.3 Å². The van der Waals surface area contributed by atoms with Crippen molar-refractivity contribution in [1.82, 2.24) is 0 Å². The van der Waals surface area contributed by atoms with E-state index < -0.39 is 5.60 Å². The van der Waals surface area contributed by atoms with Crippen molar-refractivity contribution in [3.63, 3.8) is 0 Å². The minimum atomic E-state index is -0.562. The lowest BCUT2D eigenvalue weighted by Crippen LogP contribution is -2.40. The average molecular weight is 288 g/mol. The van der Waals surface area contributed by atoms with E-state index in [9.17, 15) is 4.79 Å². The number of hydrogen-bond donors (Lipinski definition) is 0. The van der Waals surface area contributed by atoms with Gasteiger partial charge in [0.1, 0.15) is 5.60 Å². The normalized spacial score (nSPS) is 18.4. The number of hydrogen-bond acceptors (Lipinski definition) is 2. The fraction of sp³-hybridized carbons (Fsp3) is 0.150. The molecule has 0 unspecified atom stereocenters. The number of rotatable bonds is 1. The first kappa shape index (κ1) is 13.2. The Morgan fingerprint density at radius 1 is 1.00 bits per heavy atom. The molecule has 0 saturated carbocycles. The molecule has 1 spiro atoms. The van der Waals surface area contributed by atoms with Gasteiger partial charge in [-0.3, -0.25) is 4.79 Å². The van der Waals surface area contributed by atoms with Crippen molar-refractivity contribution in [2.75, 3.05) is 6.61 Å².